The molecule has 78 valence electrons. The van der Waals surface area contributed by atoms with Gasteiger partial charge >= 0.3 is 5.97 Å². The van der Waals surface area contributed by atoms with Crippen LogP contribution in [0.4, 0.5) is 0 Å². The molecule has 0 saturated carbocycles. The van der Waals surface area contributed by atoms with Crippen molar-refractivity contribution in [1.29, 1.82) is 0 Å². The van der Waals surface area contributed by atoms with Crippen molar-refractivity contribution in [2.45, 2.75) is 39.2 Å². The van der Waals surface area contributed by atoms with E-state index in [0.717, 1.165) is 19.8 Å². The van der Waals surface area contributed by atoms with Gasteiger partial charge in [0.2, 0.25) is 0 Å². The van der Waals surface area contributed by atoms with Crippen LogP contribution in [0.15, 0.2) is 0 Å². The fraction of sp³-hybridized carbons (Fsp3) is 0.750. The van der Waals surface area contributed by atoms with E-state index >= 15 is 0 Å². The number of nitrogens with two attached hydrogens (primary N) is 1. The standard InChI is InChI=1S/C6H13NO2.C2H4O2/c1-2-3-4-5(7)6(8)9;1-2(3)4/h5H,2-4,7H2,1H3,(H,8,9);1H3,(H,3,4)/t5-;/m0./s1. The molecule has 0 fully saturated rings. The SMILES string of the molecule is CC(=O)O.CCCC[C@H](N)C(=O)O. The molecule has 0 bridgehead atoms. The van der Waals surface area contributed by atoms with E-state index in [4.69, 9.17) is 20.7 Å². The lowest BCUT2D eigenvalue weighted by molar-refractivity contribution is -0.138. The molecular weight excluding hydrogens is 174 g/mol. The third-order valence-corrected chi connectivity index (χ3v) is 1.19. The van der Waals surface area contributed by atoms with Gasteiger partial charge in [0, 0.05) is 6.92 Å². The summed E-state index contributed by atoms with van der Waals surface area (Å²) < 4.78 is 0. The maximum absolute atomic E-state index is 10.1. The second-order valence-corrected chi connectivity index (χ2v) is 2.61. The van der Waals surface area contributed by atoms with E-state index in [1.807, 2.05) is 6.92 Å². The second kappa shape index (κ2) is 8.99. The van der Waals surface area contributed by atoms with E-state index < -0.39 is 18.0 Å². The minimum absolute atomic E-state index is 0.589. The van der Waals surface area contributed by atoms with Crippen LogP contribution in [0.25, 0.3) is 0 Å². The topological polar surface area (TPSA) is 101 Å². The molecule has 0 aromatic carbocycles. The number of hydrogen-bond donors (Lipinski definition) is 3. The van der Waals surface area contributed by atoms with Crippen molar-refractivity contribution in [3.63, 3.8) is 0 Å². The van der Waals surface area contributed by atoms with Crippen LogP contribution in [0.3, 0.4) is 0 Å². The van der Waals surface area contributed by atoms with Gasteiger partial charge in [-0.2, -0.15) is 0 Å². The van der Waals surface area contributed by atoms with Crippen LogP contribution >= 0.6 is 0 Å². The molecule has 0 aromatic rings. The Kier molecular flexibility index (Phi) is 9.98. The van der Waals surface area contributed by atoms with Crippen LogP contribution in [0, 0.1) is 0 Å². The molecule has 13 heavy (non-hydrogen) atoms. The molecule has 0 amide bonds. The summed E-state index contributed by atoms with van der Waals surface area (Å²) in [6.07, 6.45) is 2.49. The highest BCUT2D eigenvalue weighted by Gasteiger charge is 2.08. The van der Waals surface area contributed by atoms with Crippen molar-refractivity contribution < 1.29 is 19.8 Å². The lowest BCUT2D eigenvalue weighted by Gasteiger charge is -2.02. The van der Waals surface area contributed by atoms with Gasteiger partial charge in [0.25, 0.3) is 5.97 Å². The fourth-order valence-corrected chi connectivity index (χ4v) is 0.548. The lowest BCUT2D eigenvalue weighted by atomic mass is 10.1. The van der Waals surface area contributed by atoms with Crippen LogP contribution in [-0.4, -0.2) is 28.2 Å². The molecule has 0 spiro atoms. The summed E-state index contributed by atoms with van der Waals surface area (Å²) in [5.74, 6) is -1.73. The Morgan fingerprint density at radius 1 is 1.38 bits per heavy atom. The number of rotatable bonds is 4. The van der Waals surface area contributed by atoms with E-state index in [1.54, 1.807) is 0 Å². The molecular formula is C8H17NO4. The number of hydrogen-bond acceptors (Lipinski definition) is 3. The zero-order chi connectivity index (χ0) is 10.9. The third kappa shape index (κ3) is 18.1. The molecule has 1 atom stereocenters. The van der Waals surface area contributed by atoms with Crippen molar-refractivity contribution in [1.82, 2.24) is 0 Å². The van der Waals surface area contributed by atoms with Crippen molar-refractivity contribution in [2.24, 2.45) is 5.73 Å². The third-order valence-electron chi connectivity index (χ3n) is 1.19. The van der Waals surface area contributed by atoms with Crippen molar-refractivity contribution >= 4 is 11.9 Å². The van der Waals surface area contributed by atoms with Crippen LogP contribution in [0.2, 0.25) is 0 Å². The smallest absolute Gasteiger partial charge is 0.320 e. The van der Waals surface area contributed by atoms with Gasteiger partial charge in [0.1, 0.15) is 6.04 Å². The predicted molar refractivity (Wildman–Crippen MR) is 48.4 cm³/mol. The largest absolute Gasteiger partial charge is 0.481 e. The first-order chi connectivity index (χ1) is 5.91. The van der Waals surface area contributed by atoms with E-state index in [2.05, 4.69) is 0 Å². The number of aliphatic carboxylic acids is 2. The summed E-state index contributed by atoms with van der Waals surface area (Å²) >= 11 is 0. The Labute approximate surface area is 77.6 Å². The molecule has 5 heteroatoms. The lowest BCUT2D eigenvalue weighted by Crippen LogP contribution is -2.29. The highest BCUT2D eigenvalue weighted by molar-refractivity contribution is 5.72. The van der Waals surface area contributed by atoms with Gasteiger partial charge in [-0.1, -0.05) is 19.8 Å². The summed E-state index contributed by atoms with van der Waals surface area (Å²) in [6, 6.07) is -0.662. The molecule has 0 rings (SSSR count). The Hall–Kier alpha value is -1.10. The van der Waals surface area contributed by atoms with Crippen molar-refractivity contribution in [3.8, 4) is 0 Å². The first-order valence-corrected chi connectivity index (χ1v) is 4.09. The molecule has 0 radical (unpaired) electrons. The number of unbranched alkanes of at least 4 members (excludes halogenated alkanes) is 1. The minimum atomic E-state index is -0.900. The second-order valence-electron chi connectivity index (χ2n) is 2.61. The zero-order valence-corrected chi connectivity index (χ0v) is 7.99. The summed E-state index contributed by atoms with van der Waals surface area (Å²) in [6.45, 7) is 3.09. The van der Waals surface area contributed by atoms with Gasteiger partial charge in [0.05, 0.1) is 0 Å². The molecule has 0 unspecified atom stereocenters. The molecule has 0 aromatic heterocycles. The first kappa shape index (κ1) is 14.4. The molecule has 0 aliphatic rings. The summed E-state index contributed by atoms with van der Waals surface area (Å²) in [5.41, 5.74) is 5.20. The van der Waals surface area contributed by atoms with E-state index in [-0.39, 0.29) is 0 Å². The van der Waals surface area contributed by atoms with E-state index in [1.165, 1.54) is 0 Å². The molecule has 0 heterocycles. The number of carboxylic acids is 2. The molecule has 0 saturated heterocycles. The van der Waals surface area contributed by atoms with Crippen LogP contribution in [0.1, 0.15) is 33.1 Å². The predicted octanol–water partition coefficient (Wildman–Crippen LogP) is 0.679. The van der Waals surface area contributed by atoms with Crippen LogP contribution in [-0.2, 0) is 9.59 Å². The normalized spacial score (nSPS) is 11.0. The summed E-state index contributed by atoms with van der Waals surface area (Å²) in [5, 5.41) is 15.7. The van der Waals surface area contributed by atoms with Crippen molar-refractivity contribution in [2.75, 3.05) is 0 Å². The molecule has 5 nitrogen and oxygen atoms in total. The molecule has 0 aliphatic heterocycles. The Bertz CT molecular complexity index is 154. The maximum atomic E-state index is 10.1. The Morgan fingerprint density at radius 2 is 1.77 bits per heavy atom. The van der Waals surface area contributed by atoms with Gasteiger partial charge in [-0.05, 0) is 6.42 Å². The summed E-state index contributed by atoms with van der Waals surface area (Å²) in [4.78, 5) is 19.1. The van der Waals surface area contributed by atoms with Crippen LogP contribution < -0.4 is 5.73 Å². The number of carbonyl (C=O) groups is 2. The van der Waals surface area contributed by atoms with E-state index in [9.17, 15) is 4.79 Å². The first-order valence-electron chi connectivity index (χ1n) is 4.09. The van der Waals surface area contributed by atoms with Crippen LogP contribution in [0.5, 0.6) is 0 Å². The highest BCUT2D eigenvalue weighted by Crippen LogP contribution is 1.96. The van der Waals surface area contributed by atoms with Gasteiger partial charge < -0.3 is 15.9 Å². The zero-order valence-electron chi connectivity index (χ0n) is 7.99. The summed E-state index contributed by atoms with van der Waals surface area (Å²) in [7, 11) is 0. The van der Waals surface area contributed by atoms with E-state index in [0.29, 0.717) is 6.42 Å². The average Bonchev–Trinajstić information content (AvgIpc) is 1.98. The van der Waals surface area contributed by atoms with Gasteiger partial charge in [-0.25, -0.2) is 0 Å². The van der Waals surface area contributed by atoms with Gasteiger partial charge in [-0.3, -0.25) is 9.59 Å². The maximum Gasteiger partial charge on any atom is 0.320 e. The fourth-order valence-electron chi connectivity index (χ4n) is 0.548. The monoisotopic (exact) mass is 191 g/mol. The van der Waals surface area contributed by atoms with Gasteiger partial charge in [-0.15, -0.1) is 0 Å². The highest BCUT2D eigenvalue weighted by atomic mass is 16.4. The quantitative estimate of drug-likeness (QED) is 0.606. The average molecular weight is 191 g/mol. The molecule has 0 aliphatic carbocycles. The molecule has 4 N–H and O–H groups in total. The van der Waals surface area contributed by atoms with Crippen molar-refractivity contribution in [3.05, 3.63) is 0 Å². The Balaban J connectivity index is 0. The Morgan fingerprint density at radius 3 is 2.00 bits per heavy atom. The minimum Gasteiger partial charge on any atom is -0.481 e. The van der Waals surface area contributed by atoms with Gasteiger partial charge in [0.15, 0.2) is 0 Å². The number of carboxylic acid groups (broad SMARTS) is 2.